The zero-order chi connectivity index (χ0) is 14.0. The molecule has 0 aromatic carbocycles. The van der Waals surface area contributed by atoms with Gasteiger partial charge in [-0.2, -0.15) is 12.6 Å². The minimum atomic E-state index is -0.109. The van der Waals surface area contributed by atoms with Gasteiger partial charge >= 0.3 is 0 Å². The largest absolute Gasteiger partial charge is 0.361 e. The van der Waals surface area contributed by atoms with Crippen molar-refractivity contribution in [2.45, 2.75) is 20.8 Å². The second kappa shape index (κ2) is 5.75. The van der Waals surface area contributed by atoms with E-state index in [9.17, 15) is 4.79 Å². The quantitative estimate of drug-likeness (QED) is 0.850. The van der Waals surface area contributed by atoms with E-state index in [1.165, 1.54) is 11.3 Å². The van der Waals surface area contributed by atoms with Crippen LogP contribution in [0.3, 0.4) is 0 Å². The molecular formula is C12H15N3O2S2. The van der Waals surface area contributed by atoms with Crippen molar-refractivity contribution < 1.29 is 9.32 Å². The van der Waals surface area contributed by atoms with Gasteiger partial charge in [0.25, 0.3) is 5.91 Å². The van der Waals surface area contributed by atoms with Crippen molar-refractivity contribution in [1.29, 1.82) is 0 Å². The maximum absolute atomic E-state index is 12.0. The third-order valence-corrected chi connectivity index (χ3v) is 4.04. The van der Waals surface area contributed by atoms with Gasteiger partial charge in [-0.3, -0.25) is 4.79 Å². The molecule has 19 heavy (non-hydrogen) atoms. The lowest BCUT2D eigenvalue weighted by Gasteiger charge is -2.00. The fourth-order valence-electron chi connectivity index (χ4n) is 1.75. The van der Waals surface area contributed by atoms with Gasteiger partial charge in [0.2, 0.25) is 0 Å². The third-order valence-electron chi connectivity index (χ3n) is 2.65. The fraction of sp³-hybridized carbons (Fsp3) is 0.417. The average molecular weight is 297 g/mol. The highest BCUT2D eigenvalue weighted by Gasteiger charge is 2.20. The van der Waals surface area contributed by atoms with Gasteiger partial charge in [0, 0.05) is 12.3 Å². The zero-order valence-electron chi connectivity index (χ0n) is 11.0. The Morgan fingerprint density at radius 3 is 2.68 bits per heavy atom. The first kappa shape index (κ1) is 14.1. The molecule has 2 aromatic heterocycles. The van der Waals surface area contributed by atoms with E-state index in [-0.39, 0.29) is 5.91 Å². The van der Waals surface area contributed by atoms with Crippen LogP contribution in [0.1, 0.15) is 26.8 Å². The van der Waals surface area contributed by atoms with Gasteiger partial charge in [0.15, 0.2) is 0 Å². The number of hydrogen-bond acceptors (Lipinski definition) is 6. The maximum Gasteiger partial charge on any atom is 0.263 e. The van der Waals surface area contributed by atoms with E-state index >= 15 is 0 Å². The summed E-state index contributed by atoms with van der Waals surface area (Å²) in [6.45, 7) is 6.07. The van der Waals surface area contributed by atoms with Crippen LogP contribution >= 0.6 is 24.0 Å². The van der Waals surface area contributed by atoms with Crippen molar-refractivity contribution in [1.82, 2.24) is 15.5 Å². The third kappa shape index (κ3) is 2.82. The Morgan fingerprint density at radius 2 is 2.11 bits per heavy atom. The molecule has 2 heterocycles. The van der Waals surface area contributed by atoms with Crippen LogP contribution in [0.5, 0.6) is 0 Å². The molecule has 2 aromatic rings. The Bertz CT molecular complexity index is 585. The molecule has 5 nitrogen and oxygen atoms in total. The monoisotopic (exact) mass is 297 g/mol. The summed E-state index contributed by atoms with van der Waals surface area (Å²) in [5, 5.41) is 7.47. The molecule has 0 bridgehead atoms. The highest BCUT2D eigenvalue weighted by molar-refractivity contribution is 7.80. The molecule has 7 heteroatoms. The zero-order valence-corrected chi connectivity index (χ0v) is 12.7. The highest BCUT2D eigenvalue weighted by Crippen LogP contribution is 2.32. The molecule has 102 valence electrons. The van der Waals surface area contributed by atoms with Crippen molar-refractivity contribution in [3.63, 3.8) is 0 Å². The number of aromatic nitrogens is 2. The fourth-order valence-corrected chi connectivity index (χ4v) is 2.99. The van der Waals surface area contributed by atoms with Crippen molar-refractivity contribution >= 4 is 29.9 Å². The molecule has 0 aliphatic heterocycles. The molecule has 0 aliphatic carbocycles. The number of rotatable bonds is 4. The van der Waals surface area contributed by atoms with Crippen LogP contribution in [0, 0.1) is 20.8 Å². The van der Waals surface area contributed by atoms with Crippen molar-refractivity contribution in [2.24, 2.45) is 0 Å². The number of carbonyl (C=O) groups is 1. The molecular weight excluding hydrogens is 282 g/mol. The summed E-state index contributed by atoms with van der Waals surface area (Å²) in [6.07, 6.45) is 0. The number of carbonyl (C=O) groups excluding carboxylic acids is 1. The Balaban J connectivity index is 2.34. The summed E-state index contributed by atoms with van der Waals surface area (Å²) in [5.74, 6) is 1.22. The van der Waals surface area contributed by atoms with Gasteiger partial charge in [0.1, 0.15) is 15.6 Å². The number of nitrogens with zero attached hydrogens (tertiary/aromatic N) is 2. The van der Waals surface area contributed by atoms with E-state index < -0.39 is 0 Å². The van der Waals surface area contributed by atoms with Crippen LogP contribution in [0.4, 0.5) is 0 Å². The standard InChI is InChI=1S/C12H15N3O2S2/c1-6-9(8(3)17-15-6)12-14-7(2)10(19-12)11(16)13-4-5-18/h18H,4-5H2,1-3H3,(H,13,16). The van der Waals surface area contributed by atoms with E-state index in [4.69, 9.17) is 4.52 Å². The predicted molar refractivity (Wildman–Crippen MR) is 78.0 cm³/mol. The summed E-state index contributed by atoms with van der Waals surface area (Å²) in [5.41, 5.74) is 2.38. The van der Waals surface area contributed by atoms with Gasteiger partial charge in [-0.1, -0.05) is 5.16 Å². The summed E-state index contributed by atoms with van der Waals surface area (Å²) in [6, 6.07) is 0. The molecule has 0 atom stereocenters. The number of thiol groups is 1. The van der Waals surface area contributed by atoms with Crippen LogP contribution in [0.15, 0.2) is 4.52 Å². The second-order valence-corrected chi connectivity index (χ2v) is 5.56. The lowest BCUT2D eigenvalue weighted by atomic mass is 10.2. The molecule has 0 fully saturated rings. The maximum atomic E-state index is 12.0. The minimum Gasteiger partial charge on any atom is -0.361 e. The molecule has 0 saturated carbocycles. The van der Waals surface area contributed by atoms with Gasteiger partial charge in [-0.15, -0.1) is 11.3 Å². The number of hydrogen-bond donors (Lipinski definition) is 2. The van der Waals surface area contributed by atoms with E-state index in [2.05, 4.69) is 28.1 Å². The van der Waals surface area contributed by atoms with Crippen LogP contribution in [-0.2, 0) is 0 Å². The molecule has 2 rings (SSSR count). The van der Waals surface area contributed by atoms with Gasteiger partial charge in [-0.25, -0.2) is 4.98 Å². The first-order chi connectivity index (χ1) is 9.04. The number of nitrogens with one attached hydrogen (secondary N) is 1. The normalized spacial score (nSPS) is 10.7. The molecule has 0 unspecified atom stereocenters. The van der Waals surface area contributed by atoms with Crippen molar-refractivity contribution in [2.75, 3.05) is 12.3 Å². The van der Waals surface area contributed by atoms with Crippen LogP contribution in [0.25, 0.3) is 10.6 Å². The summed E-state index contributed by atoms with van der Waals surface area (Å²) < 4.78 is 5.13. The van der Waals surface area contributed by atoms with Gasteiger partial charge in [0.05, 0.1) is 17.0 Å². The smallest absolute Gasteiger partial charge is 0.263 e. The number of amides is 1. The molecule has 0 radical (unpaired) electrons. The summed E-state index contributed by atoms with van der Waals surface area (Å²) >= 11 is 5.42. The first-order valence-electron chi connectivity index (χ1n) is 5.84. The van der Waals surface area contributed by atoms with Crippen LogP contribution in [0.2, 0.25) is 0 Å². The Kier molecular flexibility index (Phi) is 4.26. The van der Waals surface area contributed by atoms with Crippen molar-refractivity contribution in [3.05, 3.63) is 22.0 Å². The second-order valence-electron chi connectivity index (χ2n) is 4.11. The van der Waals surface area contributed by atoms with E-state index in [0.717, 1.165) is 22.0 Å². The first-order valence-corrected chi connectivity index (χ1v) is 7.29. The topological polar surface area (TPSA) is 68.0 Å². The predicted octanol–water partition coefficient (Wildman–Crippen LogP) is 2.38. The van der Waals surface area contributed by atoms with Crippen LogP contribution in [-0.4, -0.2) is 28.3 Å². The van der Waals surface area contributed by atoms with Gasteiger partial charge < -0.3 is 9.84 Å². The van der Waals surface area contributed by atoms with E-state index in [1.807, 2.05) is 20.8 Å². The lowest BCUT2D eigenvalue weighted by Crippen LogP contribution is -2.25. The van der Waals surface area contributed by atoms with E-state index in [0.29, 0.717) is 22.9 Å². The van der Waals surface area contributed by atoms with Gasteiger partial charge in [-0.05, 0) is 20.8 Å². The highest BCUT2D eigenvalue weighted by atomic mass is 32.1. The number of aryl methyl sites for hydroxylation is 3. The van der Waals surface area contributed by atoms with Crippen LogP contribution < -0.4 is 5.32 Å². The molecule has 1 amide bonds. The summed E-state index contributed by atoms with van der Waals surface area (Å²) in [7, 11) is 0. The van der Waals surface area contributed by atoms with Crippen molar-refractivity contribution in [3.8, 4) is 10.6 Å². The molecule has 0 aliphatic rings. The average Bonchev–Trinajstić information content (AvgIpc) is 2.90. The Hall–Kier alpha value is -1.34. The number of thiazole rings is 1. The lowest BCUT2D eigenvalue weighted by molar-refractivity contribution is 0.0959. The summed E-state index contributed by atoms with van der Waals surface area (Å²) in [4.78, 5) is 17.0. The molecule has 1 N–H and O–H groups in total. The Labute approximate surface area is 120 Å². The molecule has 0 spiro atoms. The SMILES string of the molecule is Cc1nc(-c2c(C)noc2C)sc1C(=O)NCCS. The van der Waals surface area contributed by atoms with E-state index in [1.54, 1.807) is 0 Å². The minimum absolute atomic E-state index is 0.109. The Morgan fingerprint density at radius 1 is 1.37 bits per heavy atom. The molecule has 0 saturated heterocycles.